The summed E-state index contributed by atoms with van der Waals surface area (Å²) < 4.78 is 0. The minimum atomic E-state index is -0.424. The lowest BCUT2D eigenvalue weighted by Crippen LogP contribution is -2.50. The van der Waals surface area contributed by atoms with Gasteiger partial charge in [-0.05, 0) is 73.7 Å². The van der Waals surface area contributed by atoms with Gasteiger partial charge in [0.15, 0.2) is 0 Å². The van der Waals surface area contributed by atoms with Gasteiger partial charge in [0, 0.05) is 24.7 Å². The quantitative estimate of drug-likeness (QED) is 0.549. The lowest BCUT2D eigenvalue weighted by Gasteiger charge is -2.33. The molecule has 1 aliphatic heterocycles. The molecular formula is C28H33N3O. The van der Waals surface area contributed by atoms with E-state index < -0.39 is 6.10 Å². The van der Waals surface area contributed by atoms with Gasteiger partial charge in [0.1, 0.15) is 0 Å². The molecule has 4 rings (SSSR count). The molecule has 166 valence electrons. The van der Waals surface area contributed by atoms with Gasteiger partial charge in [-0.2, -0.15) is 5.26 Å². The van der Waals surface area contributed by atoms with Crippen molar-refractivity contribution in [3.05, 3.63) is 83.4 Å². The van der Waals surface area contributed by atoms with Crippen LogP contribution in [0.25, 0.3) is 10.8 Å². The van der Waals surface area contributed by atoms with E-state index in [1.807, 2.05) is 18.2 Å². The van der Waals surface area contributed by atoms with Crippen LogP contribution in [0, 0.1) is 11.3 Å². The highest BCUT2D eigenvalue weighted by Crippen LogP contribution is 2.24. The smallest absolute Gasteiger partial charge is 0.0991 e. The highest BCUT2D eigenvalue weighted by atomic mass is 16.3. The number of benzene rings is 3. The maximum Gasteiger partial charge on any atom is 0.0991 e. The molecule has 2 atom stereocenters. The zero-order valence-electron chi connectivity index (χ0n) is 19.1. The van der Waals surface area contributed by atoms with Crippen LogP contribution in [0.3, 0.4) is 0 Å². The summed E-state index contributed by atoms with van der Waals surface area (Å²) in [5, 5.41) is 26.3. The Hall–Kier alpha value is -2.71. The first-order valence-corrected chi connectivity index (χ1v) is 11.6. The average Bonchev–Trinajstić information content (AvgIpc) is 3.25. The number of rotatable bonds is 8. The number of hydrogen-bond acceptors (Lipinski definition) is 4. The minimum absolute atomic E-state index is 0.117. The Bertz CT molecular complexity index is 1100. The topological polar surface area (TPSA) is 59.3 Å². The van der Waals surface area contributed by atoms with Gasteiger partial charge >= 0.3 is 0 Å². The summed E-state index contributed by atoms with van der Waals surface area (Å²) >= 11 is 0. The zero-order chi connectivity index (χ0) is 22.6. The minimum Gasteiger partial charge on any atom is -0.390 e. The third-order valence-electron chi connectivity index (χ3n) is 6.55. The van der Waals surface area contributed by atoms with Crippen LogP contribution >= 0.6 is 0 Å². The molecule has 0 bridgehead atoms. The molecule has 1 heterocycles. The van der Waals surface area contributed by atoms with Crippen LogP contribution in [0.1, 0.15) is 43.4 Å². The van der Waals surface area contributed by atoms with E-state index in [0.717, 1.165) is 37.9 Å². The molecule has 3 aromatic rings. The van der Waals surface area contributed by atoms with Gasteiger partial charge in [-0.15, -0.1) is 0 Å². The number of likely N-dealkylation sites (tertiary alicyclic amines) is 1. The van der Waals surface area contributed by atoms with E-state index >= 15 is 0 Å². The monoisotopic (exact) mass is 427 g/mol. The summed E-state index contributed by atoms with van der Waals surface area (Å²) in [5.74, 6) is 0. The lowest BCUT2D eigenvalue weighted by molar-refractivity contribution is 0.0633. The fraction of sp³-hybridized carbons (Fsp3) is 0.393. The van der Waals surface area contributed by atoms with Gasteiger partial charge in [-0.25, -0.2) is 0 Å². The van der Waals surface area contributed by atoms with Crippen LogP contribution in [-0.4, -0.2) is 40.8 Å². The zero-order valence-corrected chi connectivity index (χ0v) is 19.1. The van der Waals surface area contributed by atoms with Crippen molar-refractivity contribution in [1.82, 2.24) is 10.2 Å². The third-order valence-corrected chi connectivity index (χ3v) is 6.55. The fourth-order valence-corrected chi connectivity index (χ4v) is 4.90. The van der Waals surface area contributed by atoms with E-state index in [1.165, 1.54) is 16.3 Å². The molecular weight excluding hydrogens is 394 g/mol. The summed E-state index contributed by atoms with van der Waals surface area (Å²) in [4.78, 5) is 2.36. The summed E-state index contributed by atoms with van der Waals surface area (Å²) in [6.07, 6.45) is 2.58. The molecule has 1 saturated heterocycles. The van der Waals surface area contributed by atoms with Crippen LogP contribution in [0.15, 0.2) is 66.7 Å². The van der Waals surface area contributed by atoms with Crippen LogP contribution in [-0.2, 0) is 13.0 Å². The summed E-state index contributed by atoms with van der Waals surface area (Å²) in [7, 11) is 0. The van der Waals surface area contributed by atoms with E-state index in [1.54, 1.807) is 0 Å². The molecule has 0 unspecified atom stereocenters. The normalized spacial score (nSPS) is 18.0. The number of nitrogens with zero attached hydrogens (tertiary/aromatic N) is 2. The number of aliphatic hydroxyl groups is 1. The first-order valence-electron chi connectivity index (χ1n) is 11.6. The van der Waals surface area contributed by atoms with Crippen LogP contribution in [0.4, 0.5) is 0 Å². The van der Waals surface area contributed by atoms with Crippen molar-refractivity contribution in [2.45, 2.75) is 57.3 Å². The molecule has 0 aromatic heterocycles. The second-order valence-electron chi connectivity index (χ2n) is 9.68. The van der Waals surface area contributed by atoms with Gasteiger partial charge in [0.25, 0.3) is 0 Å². The Kier molecular flexibility index (Phi) is 6.91. The predicted octanol–water partition coefficient (Wildman–Crippen LogP) is 4.65. The molecule has 1 fully saturated rings. The Morgan fingerprint density at radius 3 is 2.69 bits per heavy atom. The van der Waals surface area contributed by atoms with E-state index in [0.29, 0.717) is 12.1 Å². The summed E-state index contributed by atoms with van der Waals surface area (Å²) in [6.45, 7) is 6.74. The van der Waals surface area contributed by atoms with Crippen LogP contribution in [0.5, 0.6) is 0 Å². The second kappa shape index (κ2) is 9.83. The van der Waals surface area contributed by atoms with Crippen molar-refractivity contribution in [3.63, 3.8) is 0 Å². The molecule has 0 amide bonds. The Morgan fingerprint density at radius 1 is 1.06 bits per heavy atom. The maximum atomic E-state index is 11.0. The predicted molar refractivity (Wildman–Crippen MR) is 130 cm³/mol. The standard InChI is InChI=1S/C28H33N3O/c1-28(2,17-21-12-13-24-9-3-4-10-25(24)16-21)30-19-27(32)26-11-6-14-31(26)20-23-8-5-7-22(15-23)18-29/h3-5,7-10,12-13,15-16,26-27,30,32H,6,11,14,17,19-20H2,1-2H3/t26-,27-/m1/s1. The first kappa shape index (κ1) is 22.5. The van der Waals surface area contributed by atoms with Crippen molar-refractivity contribution < 1.29 is 5.11 Å². The molecule has 1 aliphatic rings. The SMILES string of the molecule is CC(C)(Cc1ccc2ccccc2c1)NC[C@@H](O)[C@H]1CCCN1Cc1cccc(C#N)c1. The van der Waals surface area contributed by atoms with Gasteiger partial charge in [-0.3, -0.25) is 4.90 Å². The highest BCUT2D eigenvalue weighted by molar-refractivity contribution is 5.83. The van der Waals surface area contributed by atoms with E-state index in [2.05, 4.69) is 78.7 Å². The van der Waals surface area contributed by atoms with E-state index in [9.17, 15) is 5.11 Å². The molecule has 0 aliphatic carbocycles. The Balaban J connectivity index is 1.34. The number of nitriles is 1. The second-order valence-corrected chi connectivity index (χ2v) is 9.68. The molecule has 4 nitrogen and oxygen atoms in total. The van der Waals surface area contributed by atoms with Crippen LogP contribution < -0.4 is 5.32 Å². The van der Waals surface area contributed by atoms with Crippen molar-refractivity contribution in [2.24, 2.45) is 0 Å². The maximum absolute atomic E-state index is 11.0. The van der Waals surface area contributed by atoms with E-state index in [4.69, 9.17) is 5.26 Å². The van der Waals surface area contributed by atoms with Crippen molar-refractivity contribution in [3.8, 4) is 6.07 Å². The molecule has 0 saturated carbocycles. The average molecular weight is 428 g/mol. The number of fused-ring (bicyclic) bond motifs is 1. The van der Waals surface area contributed by atoms with Crippen molar-refractivity contribution in [1.29, 1.82) is 5.26 Å². The van der Waals surface area contributed by atoms with Crippen molar-refractivity contribution in [2.75, 3.05) is 13.1 Å². The third kappa shape index (κ3) is 5.55. The molecule has 2 N–H and O–H groups in total. The Morgan fingerprint density at radius 2 is 1.88 bits per heavy atom. The lowest BCUT2D eigenvalue weighted by atomic mass is 9.93. The largest absolute Gasteiger partial charge is 0.390 e. The first-order chi connectivity index (χ1) is 15.4. The number of nitrogens with one attached hydrogen (secondary N) is 1. The Labute approximate surface area is 191 Å². The number of β-amino-alcohol motifs (C(OH)–C–C–N with tert-alkyl or cyclic N) is 1. The molecule has 0 spiro atoms. The number of aliphatic hydroxyl groups excluding tert-OH is 1. The van der Waals surface area contributed by atoms with Gasteiger partial charge in [-0.1, -0.05) is 54.6 Å². The molecule has 3 aromatic carbocycles. The summed E-state index contributed by atoms with van der Waals surface area (Å²) in [6, 6.07) is 25.3. The van der Waals surface area contributed by atoms with Gasteiger partial charge < -0.3 is 10.4 Å². The number of hydrogen-bond donors (Lipinski definition) is 2. The van der Waals surface area contributed by atoms with Gasteiger partial charge in [0.05, 0.1) is 17.7 Å². The van der Waals surface area contributed by atoms with Crippen LogP contribution in [0.2, 0.25) is 0 Å². The van der Waals surface area contributed by atoms with Crippen molar-refractivity contribution >= 4 is 10.8 Å². The summed E-state index contributed by atoms with van der Waals surface area (Å²) in [5.41, 5.74) is 3.01. The molecule has 0 radical (unpaired) electrons. The highest BCUT2D eigenvalue weighted by Gasteiger charge is 2.31. The van der Waals surface area contributed by atoms with E-state index in [-0.39, 0.29) is 11.6 Å². The van der Waals surface area contributed by atoms with Gasteiger partial charge in [0.2, 0.25) is 0 Å². The molecule has 4 heteroatoms. The molecule has 32 heavy (non-hydrogen) atoms. The fourth-order valence-electron chi connectivity index (χ4n) is 4.90.